The van der Waals surface area contributed by atoms with Gasteiger partial charge in [-0.15, -0.1) is 28.3 Å². The number of hydrogen-bond donors (Lipinski definition) is 1. The summed E-state index contributed by atoms with van der Waals surface area (Å²) in [5.74, 6) is -1.21. The van der Waals surface area contributed by atoms with Crippen molar-refractivity contribution in [3.63, 3.8) is 0 Å². The quantitative estimate of drug-likeness (QED) is 0.103. The molecule has 1 aromatic rings. The number of carboxylic acids is 1. The van der Waals surface area contributed by atoms with Crippen molar-refractivity contribution in [2.45, 2.75) is 99.0 Å². The van der Waals surface area contributed by atoms with E-state index in [0.717, 1.165) is 13.0 Å². The van der Waals surface area contributed by atoms with Gasteiger partial charge in [0.15, 0.2) is 5.82 Å². The van der Waals surface area contributed by atoms with Crippen molar-refractivity contribution in [2.75, 3.05) is 13.1 Å². The molecule has 0 spiro atoms. The number of carboxylic acid groups (broad SMARTS) is 1. The van der Waals surface area contributed by atoms with E-state index >= 15 is 0 Å². The maximum absolute atomic E-state index is 12.0. The molecular weight excluding hydrogens is 663 g/mol. The molecule has 1 heterocycles. The molecule has 1 amide bonds. The number of nitriles is 1. The van der Waals surface area contributed by atoms with Crippen molar-refractivity contribution in [2.24, 2.45) is 10.2 Å². The molecular formula is C24H33Cl2K2N7O6S. The Balaban J connectivity index is 0.00000441. The van der Waals surface area contributed by atoms with Crippen molar-refractivity contribution in [3.05, 3.63) is 11.8 Å². The molecule has 2 fully saturated rings. The first-order valence-corrected chi connectivity index (χ1v) is 15.5. The van der Waals surface area contributed by atoms with Crippen LogP contribution in [0.15, 0.2) is 16.4 Å². The monoisotopic (exact) mass is 695 g/mol. The Bertz CT molecular complexity index is 1240. The normalized spacial score (nSPS) is 28.0. The molecule has 1 N–H and O–H groups in total. The van der Waals surface area contributed by atoms with Gasteiger partial charge in [-0.25, -0.2) is 13.1 Å². The van der Waals surface area contributed by atoms with Gasteiger partial charge >= 0.3 is 103 Å². The van der Waals surface area contributed by atoms with Gasteiger partial charge in [0.05, 0.1) is 50.4 Å². The molecule has 5 atom stereocenters. The minimum atomic E-state index is -4.58. The molecule has 42 heavy (non-hydrogen) atoms. The van der Waals surface area contributed by atoms with Crippen LogP contribution < -0.4 is 113 Å². The van der Waals surface area contributed by atoms with Crippen LogP contribution in [0.2, 0.25) is 0 Å². The second-order valence-corrected chi connectivity index (χ2v) is 13.0. The summed E-state index contributed by atoms with van der Waals surface area (Å²) >= 11 is 13.0. The topological polar surface area (TPSA) is 196 Å². The van der Waals surface area contributed by atoms with Crippen molar-refractivity contribution < 1.29 is 130 Å². The molecule has 1 aromatic heterocycles. The van der Waals surface area contributed by atoms with Crippen LogP contribution in [-0.4, -0.2) is 86.7 Å². The smallest absolute Gasteiger partial charge is 0.748 e. The third-order valence-corrected chi connectivity index (χ3v) is 9.60. The number of aliphatic carboxylic acids is 1. The molecule has 0 radical (unpaired) electrons. The van der Waals surface area contributed by atoms with Crippen molar-refractivity contribution in [1.29, 1.82) is 5.26 Å². The van der Waals surface area contributed by atoms with E-state index in [-0.39, 0.29) is 151 Å². The van der Waals surface area contributed by atoms with Gasteiger partial charge < -0.3 is 24.7 Å². The Morgan fingerprint density at radius 2 is 1.88 bits per heavy atom. The van der Waals surface area contributed by atoms with Crippen LogP contribution in [0.3, 0.4) is 0 Å². The summed E-state index contributed by atoms with van der Waals surface area (Å²) in [5, 5.41) is 33.6. The van der Waals surface area contributed by atoms with Gasteiger partial charge in [-0.05, 0) is 58.0 Å². The number of carbonyl (C=O) groups is 2. The summed E-state index contributed by atoms with van der Waals surface area (Å²) in [7, 11) is -4.58. The zero-order valence-electron chi connectivity index (χ0n) is 24.3. The number of nitrogens with zero attached hydrogens (tertiary/aromatic N) is 6. The van der Waals surface area contributed by atoms with Crippen LogP contribution in [0, 0.1) is 11.3 Å². The molecule has 0 bridgehead atoms. The van der Waals surface area contributed by atoms with Gasteiger partial charge in [0.1, 0.15) is 11.6 Å². The number of aromatic nitrogens is 2. The van der Waals surface area contributed by atoms with Crippen molar-refractivity contribution in [3.8, 4) is 6.07 Å². The molecule has 2 saturated carbocycles. The molecule has 0 saturated heterocycles. The number of alkyl halides is 2. The van der Waals surface area contributed by atoms with E-state index in [9.17, 15) is 32.9 Å². The Morgan fingerprint density at radius 1 is 1.24 bits per heavy atom. The first kappa shape index (κ1) is 41.0. The molecule has 0 aromatic carbocycles. The average molecular weight is 697 g/mol. The fourth-order valence-electron chi connectivity index (χ4n) is 5.57. The predicted molar refractivity (Wildman–Crippen MR) is 143 cm³/mol. The fourth-order valence-corrected chi connectivity index (χ4v) is 7.74. The molecule has 18 heteroatoms. The second-order valence-electron chi connectivity index (χ2n) is 10.2. The van der Waals surface area contributed by atoms with E-state index in [1.54, 1.807) is 0 Å². The summed E-state index contributed by atoms with van der Waals surface area (Å²) in [6.45, 7) is 4.72. The average Bonchev–Trinajstić information content (AvgIpc) is 3.26. The third kappa shape index (κ3) is 11.3. The molecule has 2 aliphatic carbocycles. The fraction of sp³-hybridized carbons (Fsp3) is 0.750. The summed E-state index contributed by atoms with van der Waals surface area (Å²) in [4.78, 5) is 25.0. The van der Waals surface area contributed by atoms with Crippen LogP contribution in [0.4, 0.5) is 5.82 Å². The number of nitrogens with one attached hydrogen (secondary N) is 1. The van der Waals surface area contributed by atoms with Gasteiger partial charge in [-0.3, -0.25) is 4.79 Å². The van der Waals surface area contributed by atoms with E-state index in [1.165, 1.54) is 17.8 Å². The van der Waals surface area contributed by atoms with E-state index < -0.39 is 44.2 Å². The predicted octanol–water partition coefficient (Wildman–Crippen LogP) is -4.41. The third-order valence-electron chi connectivity index (χ3n) is 7.52. The summed E-state index contributed by atoms with van der Waals surface area (Å²) in [6.07, 6.45) is 3.40. The van der Waals surface area contributed by atoms with Gasteiger partial charge in [-0.2, -0.15) is 15.5 Å². The molecule has 2 aliphatic rings. The number of amides is 1. The van der Waals surface area contributed by atoms with Crippen LogP contribution in [-0.2, 0) is 19.7 Å². The second kappa shape index (κ2) is 18.9. The van der Waals surface area contributed by atoms with E-state index in [1.807, 2.05) is 13.0 Å². The van der Waals surface area contributed by atoms with Crippen LogP contribution >= 0.6 is 23.2 Å². The zero-order chi connectivity index (χ0) is 29.6. The van der Waals surface area contributed by atoms with Crippen LogP contribution in [0.1, 0.15) is 70.4 Å². The minimum absolute atomic E-state index is 0. The Hall–Kier alpha value is 0.963. The summed E-state index contributed by atoms with van der Waals surface area (Å²) in [6, 6.07) is 0.628. The Labute approximate surface area is 341 Å². The molecule has 0 aliphatic heterocycles. The van der Waals surface area contributed by atoms with Crippen LogP contribution in [0.5, 0.6) is 0 Å². The van der Waals surface area contributed by atoms with Gasteiger partial charge in [0, 0.05) is 18.9 Å². The maximum atomic E-state index is 12.0. The SMILES string of the molecule is CCN(CCCC(=O)[O-])C1CCC(N=Nc2c(C#N)cnn2C2C(Cl)CC(S(=O)(=O)[O-])CC2Cl)C(NC(C)=O)C1.[K+].[K+]. The maximum Gasteiger partial charge on any atom is 1.00 e. The number of rotatable bonds is 11. The Kier molecular flexibility index (Phi) is 18.5. The Morgan fingerprint density at radius 3 is 2.40 bits per heavy atom. The number of carbonyl (C=O) groups excluding carboxylic acids is 2. The van der Waals surface area contributed by atoms with Crippen molar-refractivity contribution in [1.82, 2.24) is 20.0 Å². The molecule has 3 rings (SSSR count). The number of azo groups is 1. The first-order chi connectivity index (χ1) is 18.8. The van der Waals surface area contributed by atoms with Gasteiger partial charge in [0.25, 0.3) is 0 Å². The molecule has 222 valence electrons. The van der Waals surface area contributed by atoms with E-state index in [0.29, 0.717) is 25.8 Å². The minimum Gasteiger partial charge on any atom is -0.748 e. The molecule has 5 unspecified atom stereocenters. The van der Waals surface area contributed by atoms with Gasteiger partial charge in [0.2, 0.25) is 5.91 Å². The van der Waals surface area contributed by atoms with Crippen LogP contribution in [0.25, 0.3) is 0 Å². The number of halogens is 2. The standard InChI is InChI=1S/C24H35Cl2N7O6S.2K/c1-3-32(8-4-5-22(35)36)16-6-7-20(21(9-16)29-14(2)34)30-31-24-15(12-27)13-28-33(24)23-18(25)10-17(11-19(23)26)40(37,38)39;;/h13,16-21,23H,3-11H2,1-2H3,(H,29,34)(H,35,36)(H,37,38,39);;/q;2*+1/p-2. The largest absolute Gasteiger partial charge is 1.00 e. The van der Waals surface area contributed by atoms with Crippen molar-refractivity contribution >= 4 is 51.0 Å². The van der Waals surface area contributed by atoms with E-state index in [4.69, 9.17) is 23.2 Å². The number of hydrogen-bond acceptors (Lipinski definition) is 11. The first-order valence-electron chi connectivity index (χ1n) is 13.2. The van der Waals surface area contributed by atoms with Gasteiger partial charge in [-0.1, -0.05) is 6.92 Å². The summed E-state index contributed by atoms with van der Waals surface area (Å²) in [5.41, 5.74) is 0.116. The molecule has 13 nitrogen and oxygen atoms in total. The summed E-state index contributed by atoms with van der Waals surface area (Å²) < 4.78 is 36.0. The van der Waals surface area contributed by atoms with E-state index in [2.05, 4.69) is 25.5 Å². The zero-order valence-corrected chi connectivity index (χ0v) is 32.9.